The Hall–Kier alpha value is -2.77. The number of pyridine rings is 1. The van der Waals surface area contributed by atoms with Crippen LogP contribution in [0.25, 0.3) is 5.65 Å². The summed E-state index contributed by atoms with van der Waals surface area (Å²) in [6.45, 7) is 1.94. The van der Waals surface area contributed by atoms with Crippen molar-refractivity contribution in [2.75, 3.05) is 7.11 Å². The number of methoxy groups -OCH3 is 1. The lowest BCUT2D eigenvalue weighted by Gasteiger charge is -2.02. The highest BCUT2D eigenvalue weighted by Crippen LogP contribution is 2.17. The van der Waals surface area contributed by atoms with Gasteiger partial charge >= 0.3 is 5.97 Å². The van der Waals surface area contributed by atoms with Gasteiger partial charge in [-0.05, 0) is 42.7 Å². The highest BCUT2D eigenvalue weighted by atomic mass is 35.5. The van der Waals surface area contributed by atoms with E-state index in [1.165, 1.54) is 7.11 Å². The van der Waals surface area contributed by atoms with Crippen LogP contribution in [0.1, 0.15) is 27.2 Å². The molecule has 114 valence electrons. The summed E-state index contributed by atoms with van der Waals surface area (Å²) in [4.78, 5) is 15.9. The molecule has 4 nitrogen and oxygen atoms in total. The Balaban J connectivity index is 2.04. The molecular weight excluding hydrogens is 312 g/mol. The van der Waals surface area contributed by atoms with E-state index in [-0.39, 0.29) is 5.97 Å². The number of ether oxygens (including phenoxy) is 1. The summed E-state index contributed by atoms with van der Waals surface area (Å²) in [7, 11) is 1.36. The van der Waals surface area contributed by atoms with Crippen LogP contribution in [0.5, 0.6) is 0 Å². The lowest BCUT2D eigenvalue weighted by atomic mass is 10.1. The third kappa shape index (κ3) is 2.92. The largest absolute Gasteiger partial charge is 0.465 e. The Morgan fingerprint density at radius 1 is 1.30 bits per heavy atom. The predicted molar refractivity (Wildman–Crippen MR) is 88.7 cm³/mol. The van der Waals surface area contributed by atoms with Crippen LogP contribution >= 0.6 is 11.6 Å². The van der Waals surface area contributed by atoms with Gasteiger partial charge in [0.1, 0.15) is 5.69 Å². The first-order valence-electron chi connectivity index (χ1n) is 6.92. The van der Waals surface area contributed by atoms with E-state index in [1.807, 2.05) is 29.7 Å². The molecule has 0 saturated heterocycles. The molecule has 0 unspecified atom stereocenters. The maximum Gasteiger partial charge on any atom is 0.337 e. The number of carbonyl (C=O) groups is 1. The first kappa shape index (κ1) is 15.1. The lowest BCUT2D eigenvalue weighted by molar-refractivity contribution is 0.0600. The zero-order chi connectivity index (χ0) is 16.4. The predicted octanol–water partition coefficient (Wildman–Crippen LogP) is 3.48. The second-order valence-corrected chi connectivity index (χ2v) is 5.37. The van der Waals surface area contributed by atoms with Crippen LogP contribution in [0.15, 0.2) is 42.7 Å². The Morgan fingerprint density at radius 3 is 2.91 bits per heavy atom. The maximum atomic E-state index is 11.6. The van der Waals surface area contributed by atoms with E-state index in [9.17, 15) is 4.79 Å². The van der Waals surface area contributed by atoms with Crippen molar-refractivity contribution in [1.82, 2.24) is 9.38 Å². The number of aromatic nitrogens is 2. The number of benzene rings is 1. The second-order valence-electron chi connectivity index (χ2n) is 4.96. The Bertz CT molecular complexity index is 964. The van der Waals surface area contributed by atoms with E-state index >= 15 is 0 Å². The van der Waals surface area contributed by atoms with Crippen LogP contribution in [-0.4, -0.2) is 22.5 Å². The van der Waals surface area contributed by atoms with E-state index in [2.05, 4.69) is 16.8 Å². The SMILES string of the molecule is COC(=O)c1ccc(C)c(C#Cc2cnc3c(Cl)cccn23)c1. The van der Waals surface area contributed by atoms with Gasteiger partial charge in [0.2, 0.25) is 0 Å². The molecule has 5 heteroatoms. The van der Waals surface area contributed by atoms with Gasteiger partial charge in [0.25, 0.3) is 0 Å². The Labute approximate surface area is 138 Å². The van der Waals surface area contributed by atoms with Gasteiger partial charge in [-0.2, -0.15) is 0 Å². The minimum Gasteiger partial charge on any atom is -0.465 e. The lowest BCUT2D eigenvalue weighted by Crippen LogP contribution is -2.01. The number of hydrogen-bond donors (Lipinski definition) is 0. The van der Waals surface area contributed by atoms with Gasteiger partial charge in [0.05, 0.1) is 23.9 Å². The van der Waals surface area contributed by atoms with Crippen molar-refractivity contribution in [3.05, 3.63) is 70.1 Å². The van der Waals surface area contributed by atoms with E-state index < -0.39 is 0 Å². The van der Waals surface area contributed by atoms with Crippen LogP contribution in [0.2, 0.25) is 5.02 Å². The molecule has 0 saturated carbocycles. The molecule has 0 radical (unpaired) electrons. The van der Waals surface area contributed by atoms with Crippen molar-refractivity contribution in [2.45, 2.75) is 6.92 Å². The zero-order valence-electron chi connectivity index (χ0n) is 12.6. The fraction of sp³-hybridized carbons (Fsp3) is 0.111. The fourth-order valence-electron chi connectivity index (χ4n) is 2.20. The number of hydrogen-bond acceptors (Lipinski definition) is 3. The molecule has 2 heterocycles. The van der Waals surface area contributed by atoms with Gasteiger partial charge < -0.3 is 4.74 Å². The fourth-order valence-corrected chi connectivity index (χ4v) is 2.41. The van der Waals surface area contributed by atoms with Crippen molar-refractivity contribution in [1.29, 1.82) is 0 Å². The van der Waals surface area contributed by atoms with Crippen molar-refractivity contribution < 1.29 is 9.53 Å². The van der Waals surface area contributed by atoms with Crippen LogP contribution < -0.4 is 0 Å². The van der Waals surface area contributed by atoms with Crippen LogP contribution in [-0.2, 0) is 4.74 Å². The van der Waals surface area contributed by atoms with E-state index in [4.69, 9.17) is 16.3 Å². The summed E-state index contributed by atoms with van der Waals surface area (Å²) in [6, 6.07) is 8.92. The molecule has 1 aromatic carbocycles. The number of halogens is 1. The number of aryl methyl sites for hydroxylation is 1. The summed E-state index contributed by atoms with van der Waals surface area (Å²) in [5, 5.41) is 0.574. The van der Waals surface area contributed by atoms with E-state index in [0.717, 1.165) is 16.8 Å². The van der Waals surface area contributed by atoms with E-state index in [0.29, 0.717) is 16.2 Å². The van der Waals surface area contributed by atoms with Crippen molar-refractivity contribution in [2.24, 2.45) is 0 Å². The third-order valence-electron chi connectivity index (χ3n) is 3.47. The van der Waals surface area contributed by atoms with Crippen LogP contribution in [0.4, 0.5) is 0 Å². The molecular formula is C18H13ClN2O2. The molecule has 0 amide bonds. The number of rotatable bonds is 1. The highest BCUT2D eigenvalue weighted by Gasteiger charge is 2.07. The molecule has 3 rings (SSSR count). The van der Waals surface area contributed by atoms with Gasteiger partial charge in [0.15, 0.2) is 5.65 Å². The number of esters is 1. The summed E-state index contributed by atoms with van der Waals surface area (Å²) in [5.41, 5.74) is 3.62. The number of nitrogens with zero attached hydrogens (tertiary/aromatic N) is 2. The second kappa shape index (κ2) is 6.15. The van der Waals surface area contributed by atoms with Gasteiger partial charge in [-0.15, -0.1) is 0 Å². The molecule has 0 fully saturated rings. The average Bonchev–Trinajstić information content (AvgIpc) is 2.98. The molecule has 0 bridgehead atoms. The smallest absolute Gasteiger partial charge is 0.337 e. The highest BCUT2D eigenvalue weighted by molar-refractivity contribution is 6.33. The standard InChI is InChI=1S/C18H13ClN2O2/c1-12-5-6-14(18(22)23-2)10-13(12)7-8-15-11-20-17-16(19)4-3-9-21(15)17/h3-6,9-11H,1-2H3. The van der Waals surface area contributed by atoms with Gasteiger partial charge in [0, 0.05) is 11.8 Å². The van der Waals surface area contributed by atoms with E-state index in [1.54, 1.807) is 24.4 Å². The van der Waals surface area contributed by atoms with Crippen molar-refractivity contribution in [3.8, 4) is 11.8 Å². The number of carbonyl (C=O) groups excluding carboxylic acids is 1. The van der Waals surface area contributed by atoms with Gasteiger partial charge in [-0.1, -0.05) is 23.6 Å². The summed E-state index contributed by atoms with van der Waals surface area (Å²) in [6.07, 6.45) is 3.53. The normalized spacial score (nSPS) is 10.2. The average molecular weight is 325 g/mol. The zero-order valence-corrected chi connectivity index (χ0v) is 13.4. The molecule has 0 atom stereocenters. The first-order valence-corrected chi connectivity index (χ1v) is 7.30. The molecule has 0 aliphatic heterocycles. The molecule has 0 N–H and O–H groups in total. The quantitative estimate of drug-likeness (QED) is 0.508. The molecule has 2 aromatic heterocycles. The molecule has 0 spiro atoms. The van der Waals surface area contributed by atoms with Crippen molar-refractivity contribution >= 4 is 23.2 Å². The van der Waals surface area contributed by atoms with Crippen LogP contribution in [0.3, 0.4) is 0 Å². The maximum absolute atomic E-state index is 11.6. The Kier molecular flexibility index (Phi) is 4.05. The van der Waals surface area contributed by atoms with Gasteiger partial charge in [-0.25, -0.2) is 9.78 Å². The molecule has 0 aliphatic rings. The third-order valence-corrected chi connectivity index (χ3v) is 3.77. The number of fused-ring (bicyclic) bond motifs is 1. The monoisotopic (exact) mass is 324 g/mol. The first-order chi connectivity index (χ1) is 11.1. The minimum atomic E-state index is -0.380. The Morgan fingerprint density at radius 2 is 2.13 bits per heavy atom. The number of imidazole rings is 1. The summed E-state index contributed by atoms with van der Waals surface area (Å²) < 4.78 is 6.56. The summed E-state index contributed by atoms with van der Waals surface area (Å²) >= 11 is 6.10. The summed E-state index contributed by atoms with van der Waals surface area (Å²) in [5.74, 6) is 5.78. The molecule has 0 aliphatic carbocycles. The molecule has 3 aromatic rings. The molecule has 23 heavy (non-hydrogen) atoms. The van der Waals surface area contributed by atoms with Crippen molar-refractivity contribution in [3.63, 3.8) is 0 Å². The topological polar surface area (TPSA) is 43.6 Å². The minimum absolute atomic E-state index is 0.380. The van der Waals surface area contributed by atoms with Gasteiger partial charge in [-0.3, -0.25) is 4.40 Å². The van der Waals surface area contributed by atoms with Crippen LogP contribution in [0, 0.1) is 18.8 Å².